The molecule has 2 aliphatic heterocycles. The zero-order valence-corrected chi connectivity index (χ0v) is 18.6. The van der Waals surface area contributed by atoms with Crippen LogP contribution in [0.5, 0.6) is 5.75 Å². The van der Waals surface area contributed by atoms with Crippen LogP contribution in [0, 0.1) is 5.92 Å². The number of halogens is 1. The molecular formula is C23H26BrN3O3. The Bertz CT molecular complexity index is 927. The molecule has 7 heteroatoms. The summed E-state index contributed by atoms with van der Waals surface area (Å²) in [5.74, 6) is 0.738. The highest BCUT2D eigenvalue weighted by Crippen LogP contribution is 2.34. The number of anilines is 1. The van der Waals surface area contributed by atoms with Gasteiger partial charge < -0.3 is 15.0 Å². The number of piperidine rings is 1. The molecular weight excluding hydrogens is 446 g/mol. The second-order valence-electron chi connectivity index (χ2n) is 7.86. The van der Waals surface area contributed by atoms with E-state index in [-0.39, 0.29) is 24.0 Å². The van der Waals surface area contributed by atoms with Gasteiger partial charge in [-0.1, -0.05) is 46.3 Å². The van der Waals surface area contributed by atoms with Crippen molar-refractivity contribution in [1.29, 1.82) is 0 Å². The molecule has 4 rings (SSSR count). The van der Waals surface area contributed by atoms with Gasteiger partial charge in [0.2, 0.25) is 5.91 Å². The number of fused-ring (bicyclic) bond motifs is 1. The summed E-state index contributed by atoms with van der Waals surface area (Å²) in [4.78, 5) is 29.4. The maximum absolute atomic E-state index is 13.2. The number of nitrogens with one attached hydrogen (secondary N) is 1. The van der Waals surface area contributed by atoms with Crippen molar-refractivity contribution in [2.45, 2.75) is 32.4 Å². The van der Waals surface area contributed by atoms with Crippen molar-refractivity contribution >= 4 is 33.6 Å². The molecule has 1 atom stereocenters. The molecule has 1 fully saturated rings. The first-order valence-corrected chi connectivity index (χ1v) is 11.2. The number of likely N-dealkylation sites (tertiary alicyclic amines) is 1. The number of nitrogens with zero attached hydrogens (tertiary/aromatic N) is 2. The summed E-state index contributed by atoms with van der Waals surface area (Å²) >= 11 is 3.51. The van der Waals surface area contributed by atoms with Gasteiger partial charge in [0.25, 0.3) is 0 Å². The Balaban J connectivity index is 1.33. The highest BCUT2D eigenvalue weighted by Gasteiger charge is 2.33. The average Bonchev–Trinajstić information content (AvgIpc) is 2.77. The van der Waals surface area contributed by atoms with E-state index in [0.717, 1.165) is 21.5 Å². The first-order valence-electron chi connectivity index (χ1n) is 10.4. The van der Waals surface area contributed by atoms with Crippen molar-refractivity contribution in [3.05, 3.63) is 58.6 Å². The Hall–Kier alpha value is -2.54. The molecule has 158 valence electrons. The Morgan fingerprint density at radius 2 is 1.80 bits per heavy atom. The Morgan fingerprint density at radius 3 is 2.57 bits per heavy atom. The van der Waals surface area contributed by atoms with Crippen molar-refractivity contribution in [1.82, 2.24) is 10.2 Å². The summed E-state index contributed by atoms with van der Waals surface area (Å²) in [5, 5.41) is 3.04. The standard InChI is InChI=1S/C23H26BrN3O3/c1-16-15-27(20-8-4-5-9-21(20)30-16)23(29)26-12-10-17(11-13-26)22(28)25-14-18-6-2-3-7-19(18)24/h2-9,16-17H,10-15H2,1H3,(H,25,28)/t16-/m1/s1. The van der Waals surface area contributed by atoms with Gasteiger partial charge in [-0.15, -0.1) is 0 Å². The third kappa shape index (κ3) is 4.46. The van der Waals surface area contributed by atoms with Gasteiger partial charge >= 0.3 is 6.03 Å². The van der Waals surface area contributed by atoms with Gasteiger partial charge in [-0.05, 0) is 43.5 Å². The number of hydrogen-bond acceptors (Lipinski definition) is 3. The van der Waals surface area contributed by atoms with Crippen molar-refractivity contribution in [3.8, 4) is 5.75 Å². The molecule has 0 bridgehead atoms. The van der Waals surface area contributed by atoms with Gasteiger partial charge in [0, 0.05) is 30.0 Å². The molecule has 2 aromatic carbocycles. The minimum atomic E-state index is -0.0626. The van der Waals surface area contributed by atoms with E-state index in [0.29, 0.717) is 39.0 Å². The van der Waals surface area contributed by atoms with Crippen LogP contribution in [0.15, 0.2) is 53.0 Å². The highest BCUT2D eigenvalue weighted by atomic mass is 79.9. The quantitative estimate of drug-likeness (QED) is 0.729. The van der Waals surface area contributed by atoms with E-state index in [1.807, 2.05) is 60.4 Å². The third-order valence-corrected chi connectivity index (χ3v) is 6.48. The van der Waals surface area contributed by atoms with Crippen molar-refractivity contribution in [2.75, 3.05) is 24.5 Å². The minimum absolute atomic E-state index is 0.00956. The Labute approximate surface area is 185 Å². The SMILES string of the molecule is C[C@@H]1CN(C(=O)N2CCC(C(=O)NCc3ccccc3Br)CC2)c2ccccc2O1. The van der Waals surface area contributed by atoms with Crippen LogP contribution in [0.3, 0.4) is 0 Å². The molecule has 1 N–H and O–H groups in total. The second-order valence-corrected chi connectivity index (χ2v) is 8.71. The third-order valence-electron chi connectivity index (χ3n) is 5.70. The fraction of sp³-hybridized carbons (Fsp3) is 0.391. The first-order chi connectivity index (χ1) is 14.5. The van der Waals surface area contributed by atoms with Gasteiger partial charge in [0.15, 0.2) is 0 Å². The first kappa shape index (κ1) is 20.7. The Morgan fingerprint density at radius 1 is 1.10 bits per heavy atom. The lowest BCUT2D eigenvalue weighted by Gasteiger charge is -2.39. The summed E-state index contributed by atoms with van der Waals surface area (Å²) in [5.41, 5.74) is 1.87. The lowest BCUT2D eigenvalue weighted by molar-refractivity contribution is -0.126. The molecule has 30 heavy (non-hydrogen) atoms. The summed E-state index contributed by atoms with van der Waals surface area (Å²) in [6.07, 6.45) is 1.30. The van der Waals surface area contributed by atoms with Crippen LogP contribution in [-0.2, 0) is 11.3 Å². The van der Waals surface area contributed by atoms with E-state index in [9.17, 15) is 9.59 Å². The fourth-order valence-corrected chi connectivity index (χ4v) is 4.47. The van der Waals surface area contributed by atoms with Gasteiger partial charge in [0.05, 0.1) is 12.2 Å². The minimum Gasteiger partial charge on any atom is -0.487 e. The van der Waals surface area contributed by atoms with Gasteiger partial charge in [-0.2, -0.15) is 0 Å². The van der Waals surface area contributed by atoms with Crippen molar-refractivity contribution in [2.24, 2.45) is 5.92 Å². The molecule has 0 spiro atoms. The number of carbonyl (C=O) groups excluding carboxylic acids is 2. The number of urea groups is 1. The Kier molecular flexibility index (Phi) is 6.27. The largest absolute Gasteiger partial charge is 0.487 e. The zero-order chi connectivity index (χ0) is 21.1. The molecule has 2 aliphatic rings. The van der Waals surface area contributed by atoms with E-state index in [1.54, 1.807) is 4.90 Å². The number of benzene rings is 2. The molecule has 3 amide bonds. The van der Waals surface area contributed by atoms with Gasteiger partial charge in [-0.25, -0.2) is 4.79 Å². The zero-order valence-electron chi connectivity index (χ0n) is 17.0. The number of carbonyl (C=O) groups is 2. The predicted octanol–water partition coefficient (Wildman–Crippen LogP) is 4.18. The predicted molar refractivity (Wildman–Crippen MR) is 120 cm³/mol. The second kappa shape index (κ2) is 9.08. The molecule has 0 saturated carbocycles. The monoisotopic (exact) mass is 471 g/mol. The summed E-state index contributed by atoms with van der Waals surface area (Å²) in [7, 11) is 0. The van der Waals surface area contributed by atoms with Crippen LogP contribution in [0.1, 0.15) is 25.3 Å². The van der Waals surface area contributed by atoms with Crippen LogP contribution in [-0.4, -0.2) is 42.6 Å². The number of para-hydroxylation sites is 2. The van der Waals surface area contributed by atoms with Crippen molar-refractivity contribution in [3.63, 3.8) is 0 Å². The maximum Gasteiger partial charge on any atom is 0.324 e. The number of rotatable bonds is 3. The molecule has 2 aromatic rings. The molecule has 0 aromatic heterocycles. The molecule has 0 unspecified atom stereocenters. The van der Waals surface area contributed by atoms with Crippen LogP contribution < -0.4 is 15.0 Å². The molecule has 2 heterocycles. The summed E-state index contributed by atoms with van der Waals surface area (Å²) in [6, 6.07) is 15.5. The smallest absolute Gasteiger partial charge is 0.324 e. The van der Waals surface area contributed by atoms with Gasteiger partial charge in [0.1, 0.15) is 11.9 Å². The van der Waals surface area contributed by atoms with Crippen molar-refractivity contribution < 1.29 is 14.3 Å². The highest BCUT2D eigenvalue weighted by molar-refractivity contribution is 9.10. The van der Waals surface area contributed by atoms with E-state index in [2.05, 4.69) is 21.2 Å². The van der Waals surface area contributed by atoms with Crippen LogP contribution >= 0.6 is 15.9 Å². The average molecular weight is 472 g/mol. The number of amides is 3. The molecule has 6 nitrogen and oxygen atoms in total. The van der Waals surface area contributed by atoms with E-state index in [4.69, 9.17) is 4.74 Å². The fourth-order valence-electron chi connectivity index (χ4n) is 4.04. The van der Waals surface area contributed by atoms with E-state index >= 15 is 0 Å². The topological polar surface area (TPSA) is 61.9 Å². The summed E-state index contributed by atoms with van der Waals surface area (Å²) in [6.45, 7) is 4.17. The number of ether oxygens (including phenoxy) is 1. The van der Waals surface area contributed by atoms with E-state index < -0.39 is 0 Å². The molecule has 0 aliphatic carbocycles. The normalized spacial score (nSPS) is 19.1. The number of hydrogen-bond donors (Lipinski definition) is 1. The summed E-state index contributed by atoms with van der Waals surface area (Å²) < 4.78 is 6.84. The van der Waals surface area contributed by atoms with Crippen LogP contribution in [0.25, 0.3) is 0 Å². The van der Waals surface area contributed by atoms with Crippen LogP contribution in [0.4, 0.5) is 10.5 Å². The van der Waals surface area contributed by atoms with Gasteiger partial charge in [-0.3, -0.25) is 9.69 Å². The molecule has 1 saturated heterocycles. The van der Waals surface area contributed by atoms with E-state index in [1.165, 1.54) is 0 Å². The molecule has 0 radical (unpaired) electrons. The lowest BCUT2D eigenvalue weighted by Crippen LogP contribution is -2.52. The maximum atomic E-state index is 13.2. The lowest BCUT2D eigenvalue weighted by atomic mass is 9.96. The van der Waals surface area contributed by atoms with Crippen LogP contribution in [0.2, 0.25) is 0 Å².